The average Bonchev–Trinajstić information content (AvgIpc) is 2.52. The van der Waals surface area contributed by atoms with Crippen molar-refractivity contribution < 1.29 is 9.53 Å². The summed E-state index contributed by atoms with van der Waals surface area (Å²) in [6.45, 7) is 6.48. The predicted molar refractivity (Wildman–Crippen MR) is 86.8 cm³/mol. The van der Waals surface area contributed by atoms with Crippen molar-refractivity contribution in [3.63, 3.8) is 0 Å². The molecule has 0 aliphatic carbocycles. The lowest BCUT2D eigenvalue weighted by molar-refractivity contribution is -0.125. The minimum atomic E-state index is 0. The zero-order chi connectivity index (χ0) is 14.2. The molecule has 0 unspecified atom stereocenters. The molecule has 5 heteroatoms. The third kappa shape index (κ3) is 5.40. The number of ether oxygens (including phenoxy) is 1. The summed E-state index contributed by atoms with van der Waals surface area (Å²) in [4.78, 5) is 12.1. The van der Waals surface area contributed by atoms with Crippen molar-refractivity contribution in [3.05, 3.63) is 42.5 Å². The highest BCUT2D eigenvalue weighted by Crippen LogP contribution is 2.18. The lowest BCUT2D eigenvalue weighted by Gasteiger charge is -2.22. The molecule has 1 amide bonds. The first-order valence-corrected chi connectivity index (χ1v) is 7.11. The standard InChI is InChI=1S/C16H22N2O2.ClH/c1-2-11-20-15-6-4-3-5-14(15)12-18-16(19)13-7-9-17-10-8-13;/h2-6,13,17H,1,7-12H2,(H,18,19);1H. The molecule has 0 aromatic heterocycles. The second-order valence-electron chi connectivity index (χ2n) is 4.95. The van der Waals surface area contributed by atoms with Crippen molar-refractivity contribution >= 4 is 18.3 Å². The van der Waals surface area contributed by atoms with E-state index in [1.54, 1.807) is 6.08 Å². The lowest BCUT2D eigenvalue weighted by Crippen LogP contribution is -2.37. The molecule has 21 heavy (non-hydrogen) atoms. The Morgan fingerprint density at radius 2 is 2.10 bits per heavy atom. The summed E-state index contributed by atoms with van der Waals surface area (Å²) < 4.78 is 5.58. The highest BCUT2D eigenvalue weighted by Gasteiger charge is 2.20. The number of rotatable bonds is 6. The van der Waals surface area contributed by atoms with Gasteiger partial charge in [-0.2, -0.15) is 0 Å². The van der Waals surface area contributed by atoms with Crippen molar-refractivity contribution in [3.8, 4) is 5.75 Å². The minimum Gasteiger partial charge on any atom is -0.489 e. The summed E-state index contributed by atoms with van der Waals surface area (Å²) in [5, 5.41) is 6.28. The van der Waals surface area contributed by atoms with Gasteiger partial charge in [0.15, 0.2) is 0 Å². The van der Waals surface area contributed by atoms with Crippen LogP contribution in [0, 0.1) is 5.92 Å². The summed E-state index contributed by atoms with van der Waals surface area (Å²) in [5.74, 6) is 1.08. The van der Waals surface area contributed by atoms with Crippen LogP contribution < -0.4 is 15.4 Å². The van der Waals surface area contributed by atoms with Crippen LogP contribution in [-0.4, -0.2) is 25.6 Å². The summed E-state index contributed by atoms with van der Waals surface area (Å²) in [6, 6.07) is 7.76. The highest BCUT2D eigenvalue weighted by molar-refractivity contribution is 5.85. The molecule has 1 fully saturated rings. The molecule has 0 radical (unpaired) electrons. The van der Waals surface area contributed by atoms with E-state index in [1.165, 1.54) is 0 Å². The highest BCUT2D eigenvalue weighted by atomic mass is 35.5. The van der Waals surface area contributed by atoms with Crippen LogP contribution in [0.4, 0.5) is 0 Å². The fourth-order valence-corrected chi connectivity index (χ4v) is 2.35. The van der Waals surface area contributed by atoms with Gasteiger partial charge in [0.2, 0.25) is 5.91 Å². The number of amides is 1. The van der Waals surface area contributed by atoms with Crippen LogP contribution in [0.5, 0.6) is 5.75 Å². The molecule has 1 heterocycles. The van der Waals surface area contributed by atoms with Gasteiger partial charge in [-0.3, -0.25) is 4.79 Å². The third-order valence-corrected chi connectivity index (χ3v) is 3.49. The van der Waals surface area contributed by atoms with Crippen molar-refractivity contribution in [1.82, 2.24) is 10.6 Å². The Kier molecular flexibility index (Phi) is 7.87. The van der Waals surface area contributed by atoms with E-state index in [1.807, 2.05) is 24.3 Å². The molecular formula is C16H23ClN2O2. The maximum absolute atomic E-state index is 12.1. The van der Waals surface area contributed by atoms with E-state index < -0.39 is 0 Å². The maximum atomic E-state index is 12.1. The molecule has 1 aromatic carbocycles. The first-order valence-electron chi connectivity index (χ1n) is 7.11. The number of halogens is 1. The smallest absolute Gasteiger partial charge is 0.223 e. The van der Waals surface area contributed by atoms with E-state index in [0.29, 0.717) is 13.2 Å². The zero-order valence-corrected chi connectivity index (χ0v) is 13.0. The molecule has 0 saturated carbocycles. The van der Waals surface area contributed by atoms with Gasteiger partial charge in [0.25, 0.3) is 0 Å². The molecule has 1 aliphatic rings. The van der Waals surface area contributed by atoms with Crippen LogP contribution in [0.2, 0.25) is 0 Å². The average molecular weight is 311 g/mol. The quantitative estimate of drug-likeness (QED) is 0.793. The molecule has 4 nitrogen and oxygen atoms in total. The molecule has 0 atom stereocenters. The summed E-state index contributed by atoms with van der Waals surface area (Å²) >= 11 is 0. The zero-order valence-electron chi connectivity index (χ0n) is 12.1. The number of carbonyl (C=O) groups excluding carboxylic acids is 1. The van der Waals surface area contributed by atoms with Crippen molar-refractivity contribution in [1.29, 1.82) is 0 Å². The molecule has 0 spiro atoms. The number of piperidine rings is 1. The Hall–Kier alpha value is -1.52. The summed E-state index contributed by atoms with van der Waals surface area (Å²) in [7, 11) is 0. The minimum absolute atomic E-state index is 0. The molecular weight excluding hydrogens is 288 g/mol. The topological polar surface area (TPSA) is 50.4 Å². The van der Waals surface area contributed by atoms with Crippen molar-refractivity contribution in [2.45, 2.75) is 19.4 Å². The van der Waals surface area contributed by atoms with E-state index in [2.05, 4.69) is 17.2 Å². The summed E-state index contributed by atoms with van der Waals surface area (Å²) in [5.41, 5.74) is 0.997. The van der Waals surface area contributed by atoms with Crippen LogP contribution in [0.25, 0.3) is 0 Å². The van der Waals surface area contributed by atoms with Gasteiger partial charge in [0.05, 0.1) is 0 Å². The molecule has 1 aromatic rings. The maximum Gasteiger partial charge on any atom is 0.223 e. The Morgan fingerprint density at radius 3 is 2.81 bits per heavy atom. The second-order valence-corrected chi connectivity index (χ2v) is 4.95. The van der Waals surface area contributed by atoms with Gasteiger partial charge in [-0.1, -0.05) is 30.9 Å². The molecule has 0 bridgehead atoms. The SMILES string of the molecule is C=CCOc1ccccc1CNC(=O)C1CCNCC1.Cl. The van der Waals surface area contributed by atoms with E-state index >= 15 is 0 Å². The first kappa shape index (κ1) is 17.5. The number of hydrogen-bond acceptors (Lipinski definition) is 3. The monoisotopic (exact) mass is 310 g/mol. The number of para-hydroxylation sites is 1. The Bertz CT molecular complexity index is 459. The first-order chi connectivity index (χ1) is 9.81. The fourth-order valence-electron chi connectivity index (χ4n) is 2.35. The van der Waals surface area contributed by atoms with Gasteiger partial charge in [-0.25, -0.2) is 0 Å². The van der Waals surface area contributed by atoms with Crippen LogP contribution in [0.1, 0.15) is 18.4 Å². The fraction of sp³-hybridized carbons (Fsp3) is 0.438. The van der Waals surface area contributed by atoms with E-state index in [-0.39, 0.29) is 24.2 Å². The number of carbonyl (C=O) groups is 1. The molecule has 1 saturated heterocycles. The largest absolute Gasteiger partial charge is 0.489 e. The van der Waals surface area contributed by atoms with Crippen LogP contribution in [0.3, 0.4) is 0 Å². The van der Waals surface area contributed by atoms with Gasteiger partial charge >= 0.3 is 0 Å². The van der Waals surface area contributed by atoms with Crippen molar-refractivity contribution in [2.75, 3.05) is 19.7 Å². The Morgan fingerprint density at radius 1 is 1.38 bits per heavy atom. The van der Waals surface area contributed by atoms with E-state index in [9.17, 15) is 4.79 Å². The van der Waals surface area contributed by atoms with Gasteiger partial charge < -0.3 is 15.4 Å². The predicted octanol–water partition coefficient (Wildman–Crippen LogP) is 2.29. The molecule has 116 valence electrons. The summed E-state index contributed by atoms with van der Waals surface area (Å²) in [6.07, 6.45) is 3.55. The molecule has 1 aliphatic heterocycles. The number of benzene rings is 1. The lowest BCUT2D eigenvalue weighted by atomic mass is 9.97. The Labute approximate surface area is 132 Å². The second kappa shape index (κ2) is 9.42. The van der Waals surface area contributed by atoms with Crippen LogP contribution >= 0.6 is 12.4 Å². The van der Waals surface area contributed by atoms with Crippen molar-refractivity contribution in [2.24, 2.45) is 5.92 Å². The van der Waals surface area contributed by atoms with Crippen LogP contribution in [-0.2, 0) is 11.3 Å². The van der Waals surface area contributed by atoms with Gasteiger partial charge in [0, 0.05) is 18.0 Å². The van der Waals surface area contributed by atoms with Gasteiger partial charge in [0.1, 0.15) is 12.4 Å². The number of hydrogen-bond donors (Lipinski definition) is 2. The van der Waals surface area contributed by atoms with Gasteiger partial charge in [-0.05, 0) is 32.0 Å². The normalized spacial score (nSPS) is 14.9. The Balaban J connectivity index is 0.00000220. The number of nitrogens with one attached hydrogen (secondary N) is 2. The van der Waals surface area contributed by atoms with E-state index in [0.717, 1.165) is 37.2 Å². The van der Waals surface area contributed by atoms with Gasteiger partial charge in [-0.15, -0.1) is 12.4 Å². The molecule has 2 rings (SSSR count). The van der Waals surface area contributed by atoms with E-state index in [4.69, 9.17) is 4.74 Å². The molecule has 2 N–H and O–H groups in total. The third-order valence-electron chi connectivity index (χ3n) is 3.49. The van der Waals surface area contributed by atoms with Crippen LogP contribution in [0.15, 0.2) is 36.9 Å².